The fraction of sp³-hybridized carbons (Fsp3) is 0.227. The summed E-state index contributed by atoms with van der Waals surface area (Å²) >= 11 is 7.33. The summed E-state index contributed by atoms with van der Waals surface area (Å²) in [5.41, 5.74) is 3.48. The highest BCUT2D eigenvalue weighted by atomic mass is 35.5. The monoisotopic (exact) mass is 497 g/mol. The average molecular weight is 498 g/mol. The van der Waals surface area contributed by atoms with E-state index in [0.717, 1.165) is 12.1 Å². The van der Waals surface area contributed by atoms with Gasteiger partial charge in [-0.15, -0.1) is 11.3 Å². The highest BCUT2D eigenvalue weighted by molar-refractivity contribution is 7.13. The van der Waals surface area contributed by atoms with Gasteiger partial charge in [-0.3, -0.25) is 10.2 Å². The minimum atomic E-state index is -4.42. The summed E-state index contributed by atoms with van der Waals surface area (Å²) in [5, 5.41) is 6.74. The molecular formula is C22H19ClF3N3O3S. The maximum Gasteiger partial charge on any atom is 0.416 e. The lowest BCUT2D eigenvalue weighted by Crippen LogP contribution is -2.07. The molecule has 1 N–H and O–H groups in total. The summed E-state index contributed by atoms with van der Waals surface area (Å²) in [6.45, 7) is 1.97. The SMILES string of the molecule is CCOC(=O)Cc1csc(NN=Cc2cc(Cl)ccc2OCc2cccc(C(F)(F)F)c2)n1. The number of nitrogens with one attached hydrogen (secondary N) is 1. The zero-order valence-corrected chi connectivity index (χ0v) is 18.9. The topological polar surface area (TPSA) is 72.8 Å². The van der Waals surface area contributed by atoms with Gasteiger partial charge in [0.2, 0.25) is 5.13 Å². The number of esters is 1. The van der Waals surface area contributed by atoms with Gasteiger partial charge in [0.15, 0.2) is 0 Å². The molecule has 0 atom stereocenters. The Morgan fingerprint density at radius 2 is 2.09 bits per heavy atom. The normalized spacial score (nSPS) is 11.5. The molecule has 0 aliphatic carbocycles. The van der Waals surface area contributed by atoms with E-state index in [1.165, 1.54) is 23.6 Å². The van der Waals surface area contributed by atoms with E-state index in [4.69, 9.17) is 21.1 Å². The molecule has 0 saturated heterocycles. The molecule has 0 unspecified atom stereocenters. The zero-order valence-electron chi connectivity index (χ0n) is 17.4. The van der Waals surface area contributed by atoms with Gasteiger partial charge in [-0.25, -0.2) is 4.98 Å². The van der Waals surface area contributed by atoms with Crippen LogP contribution >= 0.6 is 22.9 Å². The minimum absolute atomic E-state index is 0.0660. The van der Waals surface area contributed by atoms with Gasteiger partial charge in [0.25, 0.3) is 0 Å². The molecule has 0 saturated carbocycles. The minimum Gasteiger partial charge on any atom is -0.488 e. The summed E-state index contributed by atoms with van der Waals surface area (Å²) in [4.78, 5) is 15.8. The van der Waals surface area contributed by atoms with Crippen LogP contribution in [0.5, 0.6) is 5.75 Å². The van der Waals surface area contributed by atoms with Crippen molar-refractivity contribution in [2.24, 2.45) is 5.10 Å². The van der Waals surface area contributed by atoms with Crippen molar-refractivity contribution in [3.05, 3.63) is 75.3 Å². The average Bonchev–Trinajstić information content (AvgIpc) is 3.20. The number of thiazole rings is 1. The highest BCUT2D eigenvalue weighted by Crippen LogP contribution is 2.30. The quantitative estimate of drug-likeness (QED) is 0.225. The molecule has 3 aromatic rings. The van der Waals surface area contributed by atoms with E-state index in [-0.39, 0.29) is 19.0 Å². The van der Waals surface area contributed by atoms with Crippen molar-refractivity contribution in [1.82, 2.24) is 4.98 Å². The van der Waals surface area contributed by atoms with E-state index in [9.17, 15) is 18.0 Å². The summed E-state index contributed by atoms with van der Waals surface area (Å²) in [6, 6.07) is 9.77. The molecule has 1 heterocycles. The Hall–Kier alpha value is -3.11. The number of rotatable bonds is 9. The summed E-state index contributed by atoms with van der Waals surface area (Å²) in [7, 11) is 0. The van der Waals surface area contributed by atoms with Gasteiger partial charge in [0, 0.05) is 16.0 Å². The number of nitrogens with zero attached hydrogens (tertiary/aromatic N) is 2. The number of anilines is 1. The molecule has 0 bridgehead atoms. The first-order chi connectivity index (χ1) is 15.7. The Bertz CT molecular complexity index is 1140. The van der Waals surface area contributed by atoms with Crippen molar-refractivity contribution < 1.29 is 27.4 Å². The van der Waals surface area contributed by atoms with E-state index < -0.39 is 11.7 Å². The predicted octanol–water partition coefficient (Wildman–Crippen LogP) is 5.95. The van der Waals surface area contributed by atoms with Crippen LogP contribution in [-0.4, -0.2) is 23.8 Å². The lowest BCUT2D eigenvalue weighted by molar-refractivity contribution is -0.142. The van der Waals surface area contributed by atoms with Crippen molar-refractivity contribution >= 4 is 40.3 Å². The molecule has 11 heteroatoms. The van der Waals surface area contributed by atoms with Crippen LogP contribution < -0.4 is 10.2 Å². The third-order valence-corrected chi connectivity index (χ3v) is 5.20. The van der Waals surface area contributed by atoms with Crippen LogP contribution in [0, 0.1) is 0 Å². The maximum absolute atomic E-state index is 12.9. The summed E-state index contributed by atoms with van der Waals surface area (Å²) in [5.74, 6) is 0.0313. The van der Waals surface area contributed by atoms with Gasteiger partial charge in [-0.05, 0) is 42.8 Å². The lowest BCUT2D eigenvalue weighted by Gasteiger charge is -2.11. The third kappa shape index (κ3) is 7.47. The maximum atomic E-state index is 12.9. The second-order valence-corrected chi connectivity index (χ2v) is 7.96. The first-order valence-electron chi connectivity index (χ1n) is 9.72. The standard InChI is InChI=1S/C22H19ClF3N3O3S/c1-2-31-20(30)10-18-13-33-21(28-18)29-27-11-15-9-17(23)6-7-19(15)32-12-14-4-3-5-16(8-14)22(24,25)26/h3-9,11,13H,2,10,12H2,1H3,(H,28,29). The lowest BCUT2D eigenvalue weighted by atomic mass is 10.1. The largest absolute Gasteiger partial charge is 0.488 e. The second kappa shape index (κ2) is 11.2. The van der Waals surface area contributed by atoms with E-state index in [0.29, 0.717) is 39.3 Å². The first kappa shape index (κ1) is 24.5. The molecule has 174 valence electrons. The van der Waals surface area contributed by atoms with Crippen LogP contribution in [0.1, 0.15) is 29.3 Å². The van der Waals surface area contributed by atoms with Crippen LogP contribution in [0.25, 0.3) is 0 Å². The summed E-state index contributed by atoms with van der Waals surface area (Å²) < 4.78 is 49.3. The van der Waals surface area contributed by atoms with Crippen molar-refractivity contribution in [3.63, 3.8) is 0 Å². The van der Waals surface area contributed by atoms with E-state index in [2.05, 4.69) is 15.5 Å². The van der Waals surface area contributed by atoms with E-state index >= 15 is 0 Å². The van der Waals surface area contributed by atoms with Crippen molar-refractivity contribution in [2.45, 2.75) is 26.1 Å². The number of hydrogen-bond acceptors (Lipinski definition) is 7. The van der Waals surface area contributed by atoms with Crippen molar-refractivity contribution in [3.8, 4) is 5.75 Å². The van der Waals surface area contributed by atoms with Gasteiger partial charge in [-0.1, -0.05) is 23.7 Å². The zero-order chi connectivity index (χ0) is 23.8. The molecular weight excluding hydrogens is 479 g/mol. The Kier molecular flexibility index (Phi) is 8.29. The number of hydrazone groups is 1. The fourth-order valence-corrected chi connectivity index (χ4v) is 3.55. The summed E-state index contributed by atoms with van der Waals surface area (Å²) in [6.07, 6.45) is -2.90. The van der Waals surface area contributed by atoms with Gasteiger partial charge < -0.3 is 9.47 Å². The third-order valence-electron chi connectivity index (χ3n) is 4.17. The second-order valence-electron chi connectivity index (χ2n) is 6.66. The molecule has 6 nitrogen and oxygen atoms in total. The molecule has 0 aliphatic heterocycles. The molecule has 0 aliphatic rings. The number of hydrogen-bond donors (Lipinski definition) is 1. The molecule has 0 amide bonds. The number of aromatic nitrogens is 1. The Morgan fingerprint density at radius 3 is 2.85 bits per heavy atom. The van der Waals surface area contributed by atoms with Gasteiger partial charge in [-0.2, -0.15) is 18.3 Å². The predicted molar refractivity (Wildman–Crippen MR) is 121 cm³/mol. The molecule has 0 fully saturated rings. The van der Waals surface area contributed by atoms with Crippen LogP contribution in [0.2, 0.25) is 5.02 Å². The first-order valence-corrected chi connectivity index (χ1v) is 11.0. The van der Waals surface area contributed by atoms with E-state index in [1.807, 2.05) is 0 Å². The Balaban J connectivity index is 1.65. The van der Waals surface area contributed by atoms with Crippen LogP contribution in [-0.2, 0) is 28.7 Å². The van der Waals surface area contributed by atoms with Gasteiger partial charge >= 0.3 is 12.1 Å². The van der Waals surface area contributed by atoms with Gasteiger partial charge in [0.05, 0.1) is 30.5 Å². The smallest absolute Gasteiger partial charge is 0.416 e. The van der Waals surface area contributed by atoms with Crippen LogP contribution in [0.3, 0.4) is 0 Å². The molecule has 3 rings (SSSR count). The van der Waals surface area contributed by atoms with Crippen LogP contribution in [0.4, 0.5) is 18.3 Å². The number of alkyl halides is 3. The number of carbonyl (C=O) groups is 1. The molecule has 1 aromatic heterocycles. The Morgan fingerprint density at radius 1 is 1.27 bits per heavy atom. The number of carbonyl (C=O) groups excluding carboxylic acids is 1. The fourth-order valence-electron chi connectivity index (χ4n) is 2.71. The van der Waals surface area contributed by atoms with Gasteiger partial charge in [0.1, 0.15) is 12.4 Å². The van der Waals surface area contributed by atoms with Crippen molar-refractivity contribution in [2.75, 3.05) is 12.0 Å². The number of ether oxygens (including phenoxy) is 2. The van der Waals surface area contributed by atoms with Crippen LogP contribution in [0.15, 0.2) is 52.9 Å². The molecule has 0 spiro atoms. The molecule has 0 radical (unpaired) electrons. The molecule has 33 heavy (non-hydrogen) atoms. The Labute approximate surface area is 197 Å². The van der Waals surface area contributed by atoms with Crippen molar-refractivity contribution in [1.29, 1.82) is 0 Å². The highest BCUT2D eigenvalue weighted by Gasteiger charge is 2.30. The number of benzene rings is 2. The molecule has 2 aromatic carbocycles. The van der Waals surface area contributed by atoms with E-state index in [1.54, 1.807) is 36.6 Å². The number of halogens is 4.